The van der Waals surface area contributed by atoms with E-state index in [1.807, 2.05) is 91.0 Å². The summed E-state index contributed by atoms with van der Waals surface area (Å²) in [4.78, 5) is 21.2. The van der Waals surface area contributed by atoms with Gasteiger partial charge in [-0.1, -0.05) is 78.5 Å². The van der Waals surface area contributed by atoms with Crippen molar-refractivity contribution in [3.63, 3.8) is 0 Å². The van der Waals surface area contributed by atoms with E-state index in [0.717, 1.165) is 28.0 Å². The van der Waals surface area contributed by atoms with Crippen molar-refractivity contribution in [2.24, 2.45) is 0 Å². The van der Waals surface area contributed by atoms with E-state index in [0.29, 0.717) is 35.3 Å². The van der Waals surface area contributed by atoms with Crippen LogP contribution in [-0.4, -0.2) is 33.0 Å². The van der Waals surface area contributed by atoms with E-state index in [1.165, 1.54) is 0 Å². The number of aliphatic hydroxyl groups is 1. The molecule has 3 atom stereocenters. The lowest BCUT2D eigenvalue weighted by Crippen LogP contribution is -2.31. The third-order valence-electron chi connectivity index (χ3n) is 7.35. The normalized spacial score (nSPS) is 17.6. The predicted octanol–water partition coefficient (Wildman–Crippen LogP) is 7.42. The van der Waals surface area contributed by atoms with Crippen LogP contribution in [0.5, 0.6) is 11.5 Å². The van der Waals surface area contributed by atoms with Gasteiger partial charge in [-0.3, -0.25) is 0 Å². The molecule has 0 spiro atoms. The van der Waals surface area contributed by atoms with Gasteiger partial charge >= 0.3 is 6.03 Å². The number of carbonyl (C=O) groups is 1. The summed E-state index contributed by atoms with van der Waals surface area (Å²) in [5.41, 5.74) is 4.36. The number of benzene rings is 4. The first-order valence-electron chi connectivity index (χ1n) is 15.0. The lowest BCUT2D eigenvalue weighted by molar-refractivity contribution is -0.245. The Hall–Kier alpha value is -4.74. The highest BCUT2D eigenvalue weighted by atomic mass is 32.2. The summed E-state index contributed by atoms with van der Waals surface area (Å²) in [5, 5.41) is 15.9. The van der Waals surface area contributed by atoms with Crippen molar-refractivity contribution in [2.45, 2.75) is 43.2 Å². The van der Waals surface area contributed by atoms with Crippen LogP contribution in [0.4, 0.5) is 10.5 Å². The summed E-state index contributed by atoms with van der Waals surface area (Å²) in [5.74, 6) is 2.11. The molecule has 1 aliphatic rings. The van der Waals surface area contributed by atoms with Gasteiger partial charge in [-0.05, 0) is 59.2 Å². The summed E-state index contributed by atoms with van der Waals surface area (Å²) >= 11 is 1.55. The van der Waals surface area contributed by atoms with Crippen molar-refractivity contribution in [1.82, 2.24) is 15.3 Å². The number of rotatable bonds is 11. The molecule has 1 fully saturated rings. The molecule has 0 unspecified atom stereocenters. The van der Waals surface area contributed by atoms with E-state index in [4.69, 9.17) is 14.2 Å². The largest absolute Gasteiger partial charge is 0.457 e. The van der Waals surface area contributed by atoms with Gasteiger partial charge in [-0.25, -0.2) is 14.8 Å². The number of ether oxygens (including phenoxy) is 3. The van der Waals surface area contributed by atoms with E-state index < -0.39 is 6.29 Å². The summed E-state index contributed by atoms with van der Waals surface area (Å²) < 4.78 is 18.7. The van der Waals surface area contributed by atoms with Crippen molar-refractivity contribution < 1.29 is 24.1 Å². The maximum absolute atomic E-state index is 12.6. The van der Waals surface area contributed by atoms with Gasteiger partial charge in [0.05, 0.1) is 18.8 Å². The Morgan fingerprint density at radius 3 is 2.20 bits per heavy atom. The molecular formula is C36H34N4O5S. The smallest absolute Gasteiger partial charge is 0.319 e. The Labute approximate surface area is 272 Å². The minimum Gasteiger partial charge on any atom is -0.457 e. The summed E-state index contributed by atoms with van der Waals surface area (Å²) in [7, 11) is 0. The molecule has 0 radical (unpaired) electrons. The van der Waals surface area contributed by atoms with Crippen molar-refractivity contribution >= 4 is 23.5 Å². The molecule has 0 saturated carbocycles. The van der Waals surface area contributed by atoms with Crippen LogP contribution in [-0.2, 0) is 22.6 Å². The molecule has 1 aromatic heterocycles. The van der Waals surface area contributed by atoms with Crippen LogP contribution in [0.25, 0.3) is 0 Å². The van der Waals surface area contributed by atoms with E-state index in [9.17, 15) is 9.90 Å². The Morgan fingerprint density at radius 2 is 1.48 bits per heavy atom. The molecule has 1 saturated heterocycles. The fraction of sp³-hybridized carbons (Fsp3) is 0.194. The number of urea groups is 1. The van der Waals surface area contributed by atoms with Crippen LogP contribution < -0.4 is 15.4 Å². The number of aromatic nitrogens is 2. The molecule has 5 aromatic rings. The molecule has 4 aromatic carbocycles. The number of nitrogens with zero attached hydrogens (tertiary/aromatic N) is 2. The first-order chi connectivity index (χ1) is 22.6. The fourth-order valence-electron chi connectivity index (χ4n) is 4.93. The SMILES string of the molecule is O=C(NCc1ccc([C@H]2O[C@@H](CSc3ncccn3)C[C@@H](c3ccc(CO)cc3)O2)cc1)Nc1ccc(Oc2ccccc2)cc1. The van der Waals surface area contributed by atoms with Crippen molar-refractivity contribution in [2.75, 3.05) is 11.1 Å². The first-order valence-corrected chi connectivity index (χ1v) is 16.0. The Kier molecular flexibility index (Phi) is 10.5. The van der Waals surface area contributed by atoms with Gasteiger partial charge < -0.3 is 30.0 Å². The highest BCUT2D eigenvalue weighted by Crippen LogP contribution is 2.39. The van der Waals surface area contributed by atoms with E-state index in [1.54, 1.807) is 42.4 Å². The summed E-state index contributed by atoms with van der Waals surface area (Å²) in [6.45, 7) is 0.346. The van der Waals surface area contributed by atoms with Gasteiger partial charge in [-0.15, -0.1) is 0 Å². The Morgan fingerprint density at radius 1 is 0.804 bits per heavy atom. The number of thioether (sulfide) groups is 1. The fourth-order valence-corrected chi connectivity index (χ4v) is 5.75. The number of hydrogen-bond acceptors (Lipinski definition) is 8. The lowest BCUT2D eigenvalue weighted by Gasteiger charge is -2.36. The second-order valence-electron chi connectivity index (χ2n) is 10.7. The van der Waals surface area contributed by atoms with Gasteiger partial charge in [0.1, 0.15) is 11.5 Å². The Balaban J connectivity index is 1.04. The monoisotopic (exact) mass is 634 g/mol. The highest BCUT2D eigenvalue weighted by molar-refractivity contribution is 7.99. The van der Waals surface area contributed by atoms with Crippen LogP contribution in [0.3, 0.4) is 0 Å². The minimum absolute atomic E-state index is 0.00550. The molecule has 2 heterocycles. The predicted molar refractivity (Wildman–Crippen MR) is 176 cm³/mol. The minimum atomic E-state index is -0.572. The first kappa shape index (κ1) is 31.3. The van der Waals surface area contributed by atoms with Crippen molar-refractivity contribution in [3.05, 3.63) is 144 Å². The average molecular weight is 635 g/mol. The maximum Gasteiger partial charge on any atom is 0.319 e. The second kappa shape index (κ2) is 15.5. The van der Waals surface area contributed by atoms with Crippen molar-refractivity contribution in [3.8, 4) is 11.5 Å². The maximum atomic E-state index is 12.6. The quantitative estimate of drug-likeness (QED) is 0.102. The molecule has 6 rings (SSSR count). The third-order valence-corrected chi connectivity index (χ3v) is 8.36. The van der Waals surface area contributed by atoms with Gasteiger partial charge in [-0.2, -0.15) is 0 Å². The molecule has 0 aliphatic carbocycles. The number of amides is 2. The van der Waals surface area contributed by atoms with Crippen LogP contribution in [0.1, 0.15) is 41.1 Å². The highest BCUT2D eigenvalue weighted by Gasteiger charge is 2.32. The molecule has 234 valence electrons. The molecule has 10 heteroatoms. The number of carbonyl (C=O) groups excluding carboxylic acids is 1. The van der Waals surface area contributed by atoms with Crippen molar-refractivity contribution in [1.29, 1.82) is 0 Å². The average Bonchev–Trinajstić information content (AvgIpc) is 3.12. The van der Waals surface area contributed by atoms with E-state index >= 15 is 0 Å². The third kappa shape index (κ3) is 8.70. The van der Waals surface area contributed by atoms with Gasteiger partial charge in [0.15, 0.2) is 11.4 Å². The number of hydrogen-bond donors (Lipinski definition) is 3. The standard InChI is InChI=1S/C36H34N4O5S/c41-23-26-9-11-27(12-10-26)33-21-32(24-46-36-37-19-4-20-38-36)44-34(45-33)28-13-7-25(8-14-28)22-39-35(42)40-29-15-17-31(18-16-29)43-30-5-2-1-3-6-30/h1-20,32-34,41H,21-24H2,(H2,39,40,42)/t32-,33+,34+/m1/s1. The summed E-state index contributed by atoms with van der Waals surface area (Å²) in [6.07, 6.45) is 3.28. The van der Waals surface area contributed by atoms with E-state index in [-0.39, 0.29) is 24.8 Å². The number of aliphatic hydroxyl groups excluding tert-OH is 1. The molecule has 9 nitrogen and oxygen atoms in total. The molecular weight excluding hydrogens is 600 g/mol. The molecule has 0 bridgehead atoms. The topological polar surface area (TPSA) is 115 Å². The van der Waals surface area contributed by atoms with Gasteiger partial charge in [0.25, 0.3) is 0 Å². The zero-order valence-corrected chi connectivity index (χ0v) is 25.8. The van der Waals surface area contributed by atoms with E-state index in [2.05, 4.69) is 20.6 Å². The molecule has 1 aliphatic heterocycles. The van der Waals surface area contributed by atoms with Crippen LogP contribution in [0.2, 0.25) is 0 Å². The number of nitrogens with one attached hydrogen (secondary N) is 2. The van der Waals surface area contributed by atoms with Gasteiger partial charge in [0.2, 0.25) is 0 Å². The van der Waals surface area contributed by atoms with Gasteiger partial charge in [0, 0.05) is 42.4 Å². The summed E-state index contributed by atoms with van der Waals surface area (Å²) in [6, 6.07) is 33.9. The van der Waals surface area contributed by atoms with Crippen LogP contribution in [0.15, 0.2) is 127 Å². The second-order valence-corrected chi connectivity index (χ2v) is 11.7. The Bertz CT molecular complexity index is 1670. The molecule has 46 heavy (non-hydrogen) atoms. The van der Waals surface area contributed by atoms with Crippen LogP contribution >= 0.6 is 11.8 Å². The number of para-hydroxylation sites is 1. The zero-order chi connectivity index (χ0) is 31.6. The van der Waals surface area contributed by atoms with Crippen LogP contribution in [0, 0.1) is 0 Å². The lowest BCUT2D eigenvalue weighted by atomic mass is 10.0. The zero-order valence-electron chi connectivity index (χ0n) is 25.0. The molecule has 3 N–H and O–H groups in total. The number of anilines is 1. The molecule has 2 amide bonds.